The lowest BCUT2D eigenvalue weighted by molar-refractivity contribution is -0.119. The Bertz CT molecular complexity index is 1470. The molecule has 0 unspecified atom stereocenters. The molecule has 1 saturated heterocycles. The van der Waals surface area contributed by atoms with E-state index in [-0.39, 0.29) is 18.0 Å². The molecule has 2 aromatic carbocycles. The Balaban J connectivity index is 1.21. The van der Waals surface area contributed by atoms with Crippen LogP contribution in [0.3, 0.4) is 0 Å². The molecule has 0 radical (unpaired) electrons. The van der Waals surface area contributed by atoms with Crippen LogP contribution in [0.5, 0.6) is 0 Å². The van der Waals surface area contributed by atoms with Gasteiger partial charge in [-0.25, -0.2) is 4.98 Å². The Labute approximate surface area is 227 Å². The molecule has 8 heteroatoms. The summed E-state index contributed by atoms with van der Waals surface area (Å²) in [5.74, 6) is -0.0310. The lowest BCUT2D eigenvalue weighted by Gasteiger charge is -2.39. The van der Waals surface area contributed by atoms with E-state index >= 15 is 0 Å². The molecule has 6 rings (SSSR count). The number of halogens is 1. The first-order valence-electron chi connectivity index (χ1n) is 13.1. The highest BCUT2D eigenvalue weighted by atomic mass is 35.5. The lowest BCUT2D eigenvalue weighted by atomic mass is 9.95. The first-order chi connectivity index (χ1) is 18.5. The van der Waals surface area contributed by atoms with Gasteiger partial charge >= 0.3 is 0 Å². The summed E-state index contributed by atoms with van der Waals surface area (Å²) in [4.78, 5) is 25.0. The van der Waals surface area contributed by atoms with E-state index in [1.807, 2.05) is 60.5 Å². The number of imidazole rings is 1. The van der Waals surface area contributed by atoms with E-state index in [1.165, 1.54) is 16.7 Å². The predicted octanol–water partition coefficient (Wildman–Crippen LogP) is 4.39. The van der Waals surface area contributed by atoms with Crippen LogP contribution < -0.4 is 10.6 Å². The number of aryl methyl sites for hydroxylation is 3. The molecular formula is C30H31ClN6O. The Hall–Kier alpha value is -3.52. The number of hydrogen-bond acceptors (Lipinski definition) is 5. The van der Waals surface area contributed by atoms with Crippen molar-refractivity contribution >= 4 is 23.2 Å². The number of piperazine rings is 1. The Morgan fingerprint density at radius 2 is 2.00 bits per heavy atom. The van der Waals surface area contributed by atoms with Crippen LogP contribution in [-0.4, -0.2) is 51.0 Å². The molecule has 1 fully saturated rings. The Kier molecular flexibility index (Phi) is 6.98. The zero-order chi connectivity index (χ0) is 26.1. The van der Waals surface area contributed by atoms with E-state index in [0.717, 1.165) is 53.6 Å². The minimum atomic E-state index is -0.338. The largest absolute Gasteiger partial charge is 0.333 e. The molecular weight excluding hydrogens is 496 g/mol. The van der Waals surface area contributed by atoms with E-state index in [1.54, 1.807) is 0 Å². The van der Waals surface area contributed by atoms with Crippen LogP contribution >= 0.6 is 11.6 Å². The third kappa shape index (κ3) is 5.23. The second kappa shape index (κ2) is 10.7. The van der Waals surface area contributed by atoms with Gasteiger partial charge in [-0.2, -0.15) is 0 Å². The van der Waals surface area contributed by atoms with Gasteiger partial charge in [-0.1, -0.05) is 35.9 Å². The second-order valence-electron chi connectivity index (χ2n) is 10.2. The van der Waals surface area contributed by atoms with Crippen LogP contribution in [-0.2, 0) is 24.2 Å². The number of amides is 1. The smallest absolute Gasteiger partial charge is 0.242 e. The van der Waals surface area contributed by atoms with Crippen molar-refractivity contribution < 1.29 is 4.79 Å². The zero-order valence-electron chi connectivity index (χ0n) is 21.4. The van der Waals surface area contributed by atoms with Gasteiger partial charge in [0.05, 0.1) is 29.8 Å². The molecule has 0 bridgehead atoms. The third-order valence-corrected chi connectivity index (χ3v) is 7.69. The molecule has 1 amide bonds. The standard InChI is InChI=1S/C30H31ClN6O/c1-20-16-36(19-34-20)17-21-4-2-6-25(14-21)35-30(38)27-18-37(13-12-32-27)29-26-10-9-24(31)15-23(26)8-7-22-5-3-11-33-28(22)29/h2-6,9-11,14-16,19,27,29,32H,7-8,12-13,17-18H2,1H3,(H,35,38)/t27-,29-/m1/s1. The molecule has 0 saturated carbocycles. The number of nitrogens with zero attached hydrogens (tertiary/aromatic N) is 4. The molecule has 3 heterocycles. The molecule has 7 nitrogen and oxygen atoms in total. The summed E-state index contributed by atoms with van der Waals surface area (Å²) in [7, 11) is 0. The zero-order valence-corrected chi connectivity index (χ0v) is 22.2. The highest BCUT2D eigenvalue weighted by Gasteiger charge is 2.35. The van der Waals surface area contributed by atoms with Crippen LogP contribution in [0.25, 0.3) is 0 Å². The van der Waals surface area contributed by atoms with Crippen molar-refractivity contribution in [2.75, 3.05) is 25.0 Å². The number of fused-ring (bicyclic) bond motifs is 2. The fourth-order valence-electron chi connectivity index (χ4n) is 5.68. The van der Waals surface area contributed by atoms with Gasteiger partial charge in [0.15, 0.2) is 0 Å². The van der Waals surface area contributed by atoms with Gasteiger partial charge in [-0.3, -0.25) is 14.7 Å². The lowest BCUT2D eigenvalue weighted by Crippen LogP contribution is -2.56. The third-order valence-electron chi connectivity index (χ3n) is 7.46. The van der Waals surface area contributed by atoms with Gasteiger partial charge in [-0.05, 0) is 72.4 Å². The van der Waals surface area contributed by atoms with Gasteiger partial charge in [0.2, 0.25) is 5.91 Å². The topological polar surface area (TPSA) is 75.1 Å². The van der Waals surface area contributed by atoms with Gasteiger partial charge in [0, 0.05) is 49.3 Å². The highest BCUT2D eigenvalue weighted by molar-refractivity contribution is 6.30. The summed E-state index contributed by atoms with van der Waals surface area (Å²) in [6.07, 6.45) is 7.57. The molecule has 194 valence electrons. The SMILES string of the molecule is Cc1cn(Cc2cccc(NC(=O)[C@H]3CN([C@@H]4c5ccc(Cl)cc5CCc5cccnc54)CCN3)c2)cn1. The minimum Gasteiger partial charge on any atom is -0.333 e. The second-order valence-corrected chi connectivity index (χ2v) is 10.6. The number of nitrogens with one attached hydrogen (secondary N) is 2. The van der Waals surface area contributed by atoms with Crippen molar-refractivity contribution in [3.8, 4) is 0 Å². The summed E-state index contributed by atoms with van der Waals surface area (Å²) in [5, 5.41) is 7.32. The number of carbonyl (C=O) groups is 1. The number of pyridine rings is 1. The van der Waals surface area contributed by atoms with Crippen LogP contribution in [0.1, 0.15) is 39.7 Å². The van der Waals surface area contributed by atoms with Gasteiger partial charge in [0.1, 0.15) is 0 Å². The fourth-order valence-corrected chi connectivity index (χ4v) is 5.88. The average Bonchev–Trinajstić information content (AvgIpc) is 3.25. The number of carbonyl (C=O) groups excluding carboxylic acids is 1. The fraction of sp³-hybridized carbons (Fsp3) is 0.300. The van der Waals surface area contributed by atoms with Crippen LogP contribution in [0, 0.1) is 6.92 Å². The molecule has 2 aromatic heterocycles. The summed E-state index contributed by atoms with van der Waals surface area (Å²) in [6, 6.07) is 18.0. The summed E-state index contributed by atoms with van der Waals surface area (Å²) < 4.78 is 2.04. The van der Waals surface area contributed by atoms with Crippen LogP contribution in [0.15, 0.2) is 73.3 Å². The van der Waals surface area contributed by atoms with Crippen molar-refractivity contribution in [2.45, 2.75) is 38.4 Å². The number of rotatable bonds is 5. The van der Waals surface area contributed by atoms with E-state index in [0.29, 0.717) is 13.1 Å². The van der Waals surface area contributed by atoms with E-state index < -0.39 is 0 Å². The van der Waals surface area contributed by atoms with Gasteiger partial charge in [0.25, 0.3) is 0 Å². The normalized spacial score (nSPS) is 19.3. The molecule has 38 heavy (non-hydrogen) atoms. The molecule has 1 aliphatic heterocycles. The minimum absolute atomic E-state index is 0.0136. The molecule has 2 N–H and O–H groups in total. The van der Waals surface area contributed by atoms with Crippen LogP contribution in [0.4, 0.5) is 5.69 Å². The number of aromatic nitrogens is 3. The van der Waals surface area contributed by atoms with Crippen molar-refractivity contribution in [3.63, 3.8) is 0 Å². The Morgan fingerprint density at radius 1 is 1.11 bits per heavy atom. The van der Waals surface area contributed by atoms with E-state index in [2.05, 4.69) is 44.8 Å². The van der Waals surface area contributed by atoms with Gasteiger partial charge < -0.3 is 15.2 Å². The highest BCUT2D eigenvalue weighted by Crippen LogP contribution is 2.37. The quantitative estimate of drug-likeness (QED) is 0.403. The van der Waals surface area contributed by atoms with Gasteiger partial charge in [-0.15, -0.1) is 0 Å². The average molecular weight is 527 g/mol. The molecule has 4 aromatic rings. The van der Waals surface area contributed by atoms with E-state index in [4.69, 9.17) is 16.6 Å². The number of benzene rings is 2. The summed E-state index contributed by atoms with van der Waals surface area (Å²) in [5.41, 5.74) is 7.71. The summed E-state index contributed by atoms with van der Waals surface area (Å²) >= 11 is 6.38. The van der Waals surface area contributed by atoms with Crippen molar-refractivity contribution in [1.82, 2.24) is 24.8 Å². The number of anilines is 1. The van der Waals surface area contributed by atoms with Crippen molar-refractivity contribution in [1.29, 1.82) is 0 Å². The maximum Gasteiger partial charge on any atom is 0.242 e. The molecule has 2 aliphatic rings. The number of hydrogen-bond donors (Lipinski definition) is 2. The van der Waals surface area contributed by atoms with Crippen LogP contribution in [0.2, 0.25) is 5.02 Å². The summed E-state index contributed by atoms with van der Waals surface area (Å²) in [6.45, 7) is 4.82. The molecule has 0 spiro atoms. The van der Waals surface area contributed by atoms with Crippen molar-refractivity contribution in [3.05, 3.63) is 112 Å². The predicted molar refractivity (Wildman–Crippen MR) is 149 cm³/mol. The van der Waals surface area contributed by atoms with Crippen molar-refractivity contribution in [2.24, 2.45) is 0 Å². The first kappa shape index (κ1) is 24.8. The molecule has 2 atom stereocenters. The monoisotopic (exact) mass is 526 g/mol. The maximum atomic E-state index is 13.4. The maximum absolute atomic E-state index is 13.4. The first-order valence-corrected chi connectivity index (χ1v) is 13.5. The van der Waals surface area contributed by atoms with E-state index in [9.17, 15) is 4.79 Å². The molecule has 1 aliphatic carbocycles. The Morgan fingerprint density at radius 3 is 2.87 bits per heavy atom.